The molecule has 0 N–H and O–H groups in total. The summed E-state index contributed by atoms with van der Waals surface area (Å²) in [7, 11) is 0. The second-order valence-electron chi connectivity index (χ2n) is 5.97. The molecule has 0 saturated heterocycles. The molecule has 1 heterocycles. The highest BCUT2D eigenvalue weighted by Crippen LogP contribution is 2.41. The van der Waals surface area contributed by atoms with Crippen LogP contribution in [0.2, 0.25) is 0 Å². The van der Waals surface area contributed by atoms with Crippen LogP contribution in [0.25, 0.3) is 10.2 Å². The zero-order valence-electron chi connectivity index (χ0n) is 14.6. The zero-order valence-corrected chi connectivity index (χ0v) is 17.0. The minimum atomic E-state index is -0.463. The molecule has 8 nitrogen and oxygen atoms in total. The van der Waals surface area contributed by atoms with E-state index in [1.807, 2.05) is 23.1 Å². The second kappa shape index (κ2) is 7.57. The number of anilines is 3. The van der Waals surface area contributed by atoms with E-state index in [0.717, 1.165) is 14.7 Å². The first-order valence-corrected chi connectivity index (χ1v) is 9.89. The Bertz CT molecular complexity index is 1170. The molecule has 0 radical (unpaired) electrons. The fraction of sp³-hybridized carbons (Fsp3) is 0. The van der Waals surface area contributed by atoms with Crippen molar-refractivity contribution >= 4 is 65.4 Å². The number of non-ortho nitro benzene ring substituents is 2. The van der Waals surface area contributed by atoms with E-state index in [1.54, 1.807) is 24.3 Å². The molecule has 0 aliphatic heterocycles. The molecule has 144 valence electrons. The molecule has 0 atom stereocenters. The summed E-state index contributed by atoms with van der Waals surface area (Å²) in [6.45, 7) is 0. The molecule has 0 amide bonds. The number of hydrogen-bond donors (Lipinski definition) is 0. The van der Waals surface area contributed by atoms with Crippen molar-refractivity contribution in [2.45, 2.75) is 0 Å². The Morgan fingerprint density at radius 2 is 1.34 bits per heavy atom. The monoisotopic (exact) mass is 470 g/mol. The minimum absolute atomic E-state index is 0.0237. The predicted molar refractivity (Wildman–Crippen MR) is 115 cm³/mol. The normalized spacial score (nSPS) is 10.8. The van der Waals surface area contributed by atoms with E-state index in [0.29, 0.717) is 16.5 Å². The van der Waals surface area contributed by atoms with Crippen molar-refractivity contribution in [1.29, 1.82) is 0 Å². The summed E-state index contributed by atoms with van der Waals surface area (Å²) in [6, 6.07) is 17.9. The molecule has 0 spiro atoms. The van der Waals surface area contributed by atoms with Gasteiger partial charge in [0.2, 0.25) is 0 Å². The largest absolute Gasteiger partial charge is 0.286 e. The van der Waals surface area contributed by atoms with Crippen molar-refractivity contribution in [3.8, 4) is 0 Å². The molecular weight excluding hydrogens is 460 g/mol. The van der Waals surface area contributed by atoms with E-state index < -0.39 is 9.85 Å². The van der Waals surface area contributed by atoms with Crippen molar-refractivity contribution in [1.82, 2.24) is 4.98 Å². The van der Waals surface area contributed by atoms with Gasteiger partial charge in [0.1, 0.15) is 0 Å². The SMILES string of the molecule is O=[N+]([O-])c1ccc(N(c2ccc([N+](=O)[O-])cc2)c2nc3c(Br)cccc3s2)cc1. The minimum Gasteiger partial charge on any atom is -0.286 e. The number of nitrogens with zero attached hydrogens (tertiary/aromatic N) is 4. The van der Waals surface area contributed by atoms with Crippen LogP contribution in [0.1, 0.15) is 0 Å². The molecular formula is C19H11BrN4O4S. The standard InChI is InChI=1S/C19H11BrN4O4S/c20-16-2-1-3-17-18(16)21-19(29-17)22(12-4-8-14(9-5-12)23(25)26)13-6-10-15(11-7-13)24(27)28/h1-11H. The Hall–Kier alpha value is -3.37. The number of nitro groups is 2. The number of rotatable bonds is 5. The van der Waals surface area contributed by atoms with E-state index in [9.17, 15) is 20.2 Å². The van der Waals surface area contributed by atoms with E-state index in [2.05, 4.69) is 15.9 Å². The maximum absolute atomic E-state index is 11.0. The van der Waals surface area contributed by atoms with E-state index >= 15 is 0 Å². The van der Waals surface area contributed by atoms with Gasteiger partial charge >= 0.3 is 0 Å². The van der Waals surface area contributed by atoms with Gasteiger partial charge in [-0.3, -0.25) is 25.1 Å². The van der Waals surface area contributed by atoms with Gasteiger partial charge in [-0.05, 0) is 52.3 Å². The Kier molecular flexibility index (Phi) is 4.95. The Morgan fingerprint density at radius 1 is 0.828 bits per heavy atom. The summed E-state index contributed by atoms with van der Waals surface area (Å²) in [5.41, 5.74) is 2.05. The molecule has 0 aliphatic carbocycles. The third-order valence-corrected chi connectivity index (χ3v) is 5.83. The van der Waals surface area contributed by atoms with Crippen LogP contribution < -0.4 is 4.90 Å². The molecule has 1 aromatic heterocycles. The van der Waals surface area contributed by atoms with Gasteiger partial charge in [0.15, 0.2) is 5.13 Å². The number of fused-ring (bicyclic) bond motifs is 1. The smallest absolute Gasteiger partial charge is 0.269 e. The molecule has 0 aliphatic rings. The average Bonchev–Trinajstić information content (AvgIpc) is 3.14. The lowest BCUT2D eigenvalue weighted by Gasteiger charge is -2.22. The molecule has 3 aromatic carbocycles. The average molecular weight is 471 g/mol. The molecule has 0 fully saturated rings. The van der Waals surface area contributed by atoms with Gasteiger partial charge in [-0.1, -0.05) is 17.4 Å². The van der Waals surface area contributed by atoms with Crippen molar-refractivity contribution in [3.05, 3.63) is 91.4 Å². The Labute approximate surface area is 176 Å². The van der Waals surface area contributed by atoms with E-state index in [4.69, 9.17) is 4.98 Å². The van der Waals surface area contributed by atoms with Gasteiger partial charge in [-0.15, -0.1) is 0 Å². The van der Waals surface area contributed by atoms with Crippen molar-refractivity contribution in [2.24, 2.45) is 0 Å². The van der Waals surface area contributed by atoms with Crippen LogP contribution in [0.5, 0.6) is 0 Å². The molecule has 0 bridgehead atoms. The predicted octanol–water partition coefficient (Wildman–Crippen LogP) is 6.35. The summed E-state index contributed by atoms with van der Waals surface area (Å²) in [4.78, 5) is 27.6. The van der Waals surface area contributed by atoms with E-state index in [1.165, 1.54) is 35.6 Å². The number of para-hydroxylation sites is 1. The Morgan fingerprint density at radius 3 is 1.79 bits per heavy atom. The molecule has 4 aromatic rings. The first-order chi connectivity index (χ1) is 13.9. The van der Waals surface area contributed by atoms with Crippen LogP contribution in [0, 0.1) is 20.2 Å². The number of thiazole rings is 1. The number of nitro benzene ring substituents is 2. The first kappa shape index (κ1) is 19.0. The number of aromatic nitrogens is 1. The van der Waals surface area contributed by atoms with Gasteiger partial charge in [0.05, 0.1) is 20.1 Å². The summed E-state index contributed by atoms with van der Waals surface area (Å²) in [5.74, 6) is 0. The van der Waals surface area contributed by atoms with Gasteiger partial charge in [-0.2, -0.15) is 0 Å². The third kappa shape index (κ3) is 3.67. The van der Waals surface area contributed by atoms with Crippen molar-refractivity contribution in [2.75, 3.05) is 4.90 Å². The number of halogens is 1. The number of hydrogen-bond acceptors (Lipinski definition) is 7. The maximum Gasteiger partial charge on any atom is 0.269 e. The van der Waals surface area contributed by atoms with Crippen LogP contribution >= 0.6 is 27.3 Å². The number of benzene rings is 3. The van der Waals surface area contributed by atoms with Gasteiger partial charge in [0, 0.05) is 40.1 Å². The fourth-order valence-electron chi connectivity index (χ4n) is 2.82. The van der Waals surface area contributed by atoms with Crippen LogP contribution in [-0.4, -0.2) is 14.8 Å². The molecule has 29 heavy (non-hydrogen) atoms. The Balaban J connectivity index is 1.86. The highest BCUT2D eigenvalue weighted by atomic mass is 79.9. The fourth-order valence-corrected chi connectivity index (χ4v) is 4.44. The first-order valence-electron chi connectivity index (χ1n) is 8.28. The molecule has 0 saturated carbocycles. The third-order valence-electron chi connectivity index (χ3n) is 4.19. The highest BCUT2D eigenvalue weighted by molar-refractivity contribution is 9.10. The lowest BCUT2D eigenvalue weighted by molar-refractivity contribution is -0.385. The summed E-state index contributed by atoms with van der Waals surface area (Å²) in [6.07, 6.45) is 0. The summed E-state index contributed by atoms with van der Waals surface area (Å²) >= 11 is 4.95. The van der Waals surface area contributed by atoms with Crippen LogP contribution in [0.3, 0.4) is 0 Å². The van der Waals surface area contributed by atoms with E-state index in [-0.39, 0.29) is 11.4 Å². The molecule has 4 rings (SSSR count). The summed E-state index contributed by atoms with van der Waals surface area (Å²) < 4.78 is 1.81. The van der Waals surface area contributed by atoms with Crippen LogP contribution in [0.15, 0.2) is 71.2 Å². The quantitative estimate of drug-likeness (QED) is 0.248. The van der Waals surface area contributed by atoms with Crippen LogP contribution in [-0.2, 0) is 0 Å². The van der Waals surface area contributed by atoms with Gasteiger partial charge in [0.25, 0.3) is 11.4 Å². The second-order valence-corrected chi connectivity index (χ2v) is 7.83. The van der Waals surface area contributed by atoms with Crippen molar-refractivity contribution < 1.29 is 9.85 Å². The zero-order chi connectivity index (χ0) is 20.5. The van der Waals surface area contributed by atoms with Crippen LogP contribution in [0.4, 0.5) is 27.9 Å². The molecule has 0 unspecified atom stereocenters. The molecule has 10 heteroatoms. The van der Waals surface area contributed by atoms with Gasteiger partial charge < -0.3 is 0 Å². The lowest BCUT2D eigenvalue weighted by atomic mass is 10.2. The summed E-state index contributed by atoms with van der Waals surface area (Å²) in [5, 5.41) is 22.6. The van der Waals surface area contributed by atoms with Crippen molar-refractivity contribution in [3.63, 3.8) is 0 Å². The highest BCUT2D eigenvalue weighted by Gasteiger charge is 2.19. The lowest BCUT2D eigenvalue weighted by Crippen LogP contribution is -2.09. The maximum atomic E-state index is 11.0. The topological polar surface area (TPSA) is 102 Å². The van der Waals surface area contributed by atoms with Gasteiger partial charge in [-0.25, -0.2) is 4.98 Å².